The van der Waals surface area contributed by atoms with Crippen molar-refractivity contribution in [2.24, 2.45) is 0 Å². The average molecular weight is 381 g/mol. The molecule has 29 heavy (non-hydrogen) atoms. The van der Waals surface area contributed by atoms with Crippen LogP contribution in [0, 0.1) is 6.92 Å². The molecule has 0 aromatic heterocycles. The maximum Gasteiger partial charge on any atom is -0.0171 e. The Morgan fingerprint density at radius 2 is 1.14 bits per heavy atom. The molecule has 0 fully saturated rings. The molecule has 0 saturated carbocycles. The second-order valence-electron chi connectivity index (χ2n) is 8.48. The molecular formula is C29H32. The van der Waals surface area contributed by atoms with Gasteiger partial charge in [0, 0.05) is 0 Å². The van der Waals surface area contributed by atoms with Crippen LogP contribution in [-0.4, -0.2) is 0 Å². The molecule has 0 aliphatic rings. The molecule has 0 aliphatic carbocycles. The summed E-state index contributed by atoms with van der Waals surface area (Å²) in [4.78, 5) is 0. The van der Waals surface area contributed by atoms with Crippen molar-refractivity contribution < 1.29 is 0 Å². The Labute approximate surface area is 175 Å². The van der Waals surface area contributed by atoms with Crippen LogP contribution in [0.4, 0.5) is 0 Å². The molecule has 0 nitrogen and oxygen atoms in total. The summed E-state index contributed by atoms with van der Waals surface area (Å²) in [6, 6.07) is 27.4. The van der Waals surface area contributed by atoms with Crippen LogP contribution in [0.2, 0.25) is 0 Å². The summed E-state index contributed by atoms with van der Waals surface area (Å²) in [6.45, 7) is 4.43. The summed E-state index contributed by atoms with van der Waals surface area (Å²) in [5.41, 5.74) is 5.39. The van der Waals surface area contributed by atoms with Crippen LogP contribution in [0.1, 0.15) is 56.6 Å². The molecule has 4 aromatic carbocycles. The van der Waals surface area contributed by atoms with Gasteiger partial charge in [0.2, 0.25) is 0 Å². The highest BCUT2D eigenvalue weighted by atomic mass is 14.1. The number of hydrogen-bond donors (Lipinski definition) is 0. The Morgan fingerprint density at radius 3 is 1.90 bits per heavy atom. The van der Waals surface area contributed by atoms with Crippen molar-refractivity contribution in [3.05, 3.63) is 83.9 Å². The van der Waals surface area contributed by atoms with Gasteiger partial charge in [-0.15, -0.1) is 0 Å². The largest absolute Gasteiger partial charge is 0.0654 e. The first-order valence-electron chi connectivity index (χ1n) is 11.3. The van der Waals surface area contributed by atoms with E-state index in [2.05, 4.69) is 86.6 Å². The third-order valence-corrected chi connectivity index (χ3v) is 6.06. The summed E-state index contributed by atoms with van der Waals surface area (Å²) in [6.07, 6.45) is 9.37. The minimum atomic E-state index is 1.20. The van der Waals surface area contributed by atoms with Crippen LogP contribution in [0.15, 0.2) is 72.8 Å². The number of rotatable bonds is 8. The highest BCUT2D eigenvalue weighted by Crippen LogP contribution is 2.29. The van der Waals surface area contributed by atoms with Crippen molar-refractivity contribution in [1.82, 2.24) is 0 Å². The molecule has 0 heterocycles. The number of hydrogen-bond acceptors (Lipinski definition) is 0. The van der Waals surface area contributed by atoms with Crippen LogP contribution in [0.3, 0.4) is 0 Å². The van der Waals surface area contributed by atoms with E-state index in [1.807, 2.05) is 0 Å². The quantitative estimate of drug-likeness (QED) is 0.211. The molecule has 0 aliphatic heterocycles. The third-order valence-electron chi connectivity index (χ3n) is 6.06. The van der Waals surface area contributed by atoms with Gasteiger partial charge in [-0.1, -0.05) is 99.2 Å². The van der Waals surface area contributed by atoms with Crippen LogP contribution < -0.4 is 0 Å². The molecule has 4 rings (SSSR count). The van der Waals surface area contributed by atoms with Crippen molar-refractivity contribution in [1.29, 1.82) is 0 Å². The topological polar surface area (TPSA) is 0 Å². The maximum absolute atomic E-state index is 2.33. The molecule has 0 spiro atoms. The first kappa shape index (κ1) is 19.7. The number of unbranched alkanes of at least 4 members (excludes halogenated alkanes) is 5. The zero-order chi connectivity index (χ0) is 20.1. The molecule has 0 atom stereocenters. The van der Waals surface area contributed by atoms with Gasteiger partial charge >= 0.3 is 0 Å². The van der Waals surface area contributed by atoms with Gasteiger partial charge in [0.25, 0.3) is 0 Å². The van der Waals surface area contributed by atoms with Gasteiger partial charge in [-0.3, -0.25) is 0 Å². The van der Waals surface area contributed by atoms with E-state index in [-0.39, 0.29) is 0 Å². The second kappa shape index (κ2) is 9.27. The van der Waals surface area contributed by atoms with Crippen LogP contribution >= 0.6 is 0 Å². The molecule has 0 radical (unpaired) electrons. The molecular weight excluding hydrogens is 348 g/mol. The summed E-state index contributed by atoms with van der Waals surface area (Å²) < 4.78 is 0. The lowest BCUT2D eigenvalue weighted by Crippen LogP contribution is -1.87. The van der Waals surface area contributed by atoms with Gasteiger partial charge < -0.3 is 0 Å². The lowest BCUT2D eigenvalue weighted by molar-refractivity contribution is 0.607. The Kier molecular flexibility index (Phi) is 6.30. The van der Waals surface area contributed by atoms with Crippen LogP contribution in [0.5, 0.6) is 0 Å². The molecule has 0 N–H and O–H groups in total. The minimum Gasteiger partial charge on any atom is -0.0654 e. The van der Waals surface area contributed by atoms with Crippen molar-refractivity contribution in [3.8, 4) is 11.1 Å². The van der Waals surface area contributed by atoms with E-state index in [0.29, 0.717) is 0 Å². The van der Waals surface area contributed by atoms with Crippen LogP contribution in [0.25, 0.3) is 32.7 Å². The molecule has 0 heteroatoms. The Balaban J connectivity index is 1.47. The predicted octanol–water partition coefficient (Wildman–Crippen LogP) is 8.87. The first-order valence-corrected chi connectivity index (χ1v) is 11.3. The summed E-state index contributed by atoms with van der Waals surface area (Å²) in [5.74, 6) is 0. The normalized spacial score (nSPS) is 11.4. The standard InChI is InChI=1S/C29H32/c1-3-4-5-6-7-8-9-23-11-14-24(15-12-23)25-16-17-27-20-28-18-22(2)10-13-26(28)21-29(27)19-25/h10-21H,3-9H2,1-2H3. The smallest absolute Gasteiger partial charge is 0.0171 e. The van der Waals surface area contributed by atoms with Gasteiger partial charge in [0.05, 0.1) is 0 Å². The third kappa shape index (κ3) is 4.88. The zero-order valence-electron chi connectivity index (χ0n) is 17.9. The van der Waals surface area contributed by atoms with E-state index in [1.165, 1.54) is 88.7 Å². The predicted molar refractivity (Wildman–Crippen MR) is 129 cm³/mol. The molecule has 0 saturated heterocycles. The fourth-order valence-electron chi connectivity index (χ4n) is 4.27. The van der Waals surface area contributed by atoms with Crippen molar-refractivity contribution >= 4 is 21.5 Å². The van der Waals surface area contributed by atoms with Crippen molar-refractivity contribution in [2.75, 3.05) is 0 Å². The fourth-order valence-corrected chi connectivity index (χ4v) is 4.27. The first-order chi connectivity index (χ1) is 14.2. The van der Waals surface area contributed by atoms with E-state index in [1.54, 1.807) is 0 Å². The Morgan fingerprint density at radius 1 is 0.517 bits per heavy atom. The minimum absolute atomic E-state index is 1.20. The lowest BCUT2D eigenvalue weighted by atomic mass is 9.97. The van der Waals surface area contributed by atoms with E-state index < -0.39 is 0 Å². The summed E-state index contributed by atoms with van der Waals surface area (Å²) in [5, 5.41) is 5.26. The SMILES string of the molecule is CCCCCCCCc1ccc(-c2ccc3cc4cc(C)ccc4cc3c2)cc1. The lowest BCUT2D eigenvalue weighted by Gasteiger charge is -2.08. The summed E-state index contributed by atoms with van der Waals surface area (Å²) in [7, 11) is 0. The zero-order valence-corrected chi connectivity index (χ0v) is 17.9. The molecule has 0 bridgehead atoms. The second-order valence-corrected chi connectivity index (χ2v) is 8.48. The highest BCUT2D eigenvalue weighted by Gasteiger charge is 2.03. The van der Waals surface area contributed by atoms with Gasteiger partial charge in [-0.05, 0) is 76.2 Å². The number of benzene rings is 4. The van der Waals surface area contributed by atoms with E-state index in [9.17, 15) is 0 Å². The molecule has 148 valence electrons. The van der Waals surface area contributed by atoms with Crippen LogP contribution in [-0.2, 0) is 6.42 Å². The maximum atomic E-state index is 2.33. The van der Waals surface area contributed by atoms with E-state index in [0.717, 1.165) is 0 Å². The number of aryl methyl sites for hydroxylation is 2. The van der Waals surface area contributed by atoms with Gasteiger partial charge in [0.1, 0.15) is 0 Å². The average Bonchev–Trinajstić information content (AvgIpc) is 2.75. The monoisotopic (exact) mass is 380 g/mol. The summed E-state index contributed by atoms with van der Waals surface area (Å²) >= 11 is 0. The molecule has 4 aromatic rings. The fraction of sp³-hybridized carbons (Fsp3) is 0.310. The van der Waals surface area contributed by atoms with Crippen molar-refractivity contribution in [3.63, 3.8) is 0 Å². The molecule has 0 unspecified atom stereocenters. The van der Waals surface area contributed by atoms with Gasteiger partial charge in [0.15, 0.2) is 0 Å². The van der Waals surface area contributed by atoms with E-state index >= 15 is 0 Å². The number of fused-ring (bicyclic) bond motifs is 2. The van der Waals surface area contributed by atoms with Gasteiger partial charge in [-0.25, -0.2) is 0 Å². The molecule has 0 amide bonds. The Bertz CT molecular complexity index is 1090. The Hall–Kier alpha value is -2.60. The van der Waals surface area contributed by atoms with Gasteiger partial charge in [-0.2, -0.15) is 0 Å². The van der Waals surface area contributed by atoms with Crippen molar-refractivity contribution in [2.45, 2.75) is 58.8 Å². The van der Waals surface area contributed by atoms with E-state index in [4.69, 9.17) is 0 Å². The highest BCUT2D eigenvalue weighted by molar-refractivity contribution is 5.99.